The normalized spacial score (nSPS) is 14.9. The molecule has 39 heavy (non-hydrogen) atoms. The average molecular weight is 522 g/mol. The summed E-state index contributed by atoms with van der Waals surface area (Å²) in [5.74, 6) is 0.695. The maximum Gasteiger partial charge on any atom is 0.240 e. The summed E-state index contributed by atoms with van der Waals surface area (Å²) < 4.78 is 11.7. The van der Waals surface area contributed by atoms with Crippen LogP contribution in [0.15, 0.2) is 115 Å². The molecule has 4 aromatic rings. The minimum atomic E-state index is -0.880. The number of hydrogen-bond donors (Lipinski definition) is 2. The van der Waals surface area contributed by atoms with Crippen LogP contribution in [-0.4, -0.2) is 38.8 Å². The van der Waals surface area contributed by atoms with Crippen LogP contribution in [0.1, 0.15) is 23.6 Å². The summed E-state index contributed by atoms with van der Waals surface area (Å²) in [6.45, 7) is 6.96. The Bertz CT molecular complexity index is 1280. The number of carbonyl (C=O) groups excluding carboxylic acids is 1. The Labute approximate surface area is 231 Å². The number of anilines is 1. The quantitative estimate of drug-likeness (QED) is 0.317. The van der Waals surface area contributed by atoms with Gasteiger partial charge in [-0.05, 0) is 28.8 Å². The zero-order valence-corrected chi connectivity index (χ0v) is 22.5. The van der Waals surface area contributed by atoms with Crippen LogP contribution in [-0.2, 0) is 21.6 Å². The molecular weight excluding hydrogens is 484 g/mol. The number of rotatable bonds is 10. The van der Waals surface area contributed by atoms with Gasteiger partial charge >= 0.3 is 0 Å². The average Bonchev–Trinajstić information content (AvgIpc) is 2.99. The summed E-state index contributed by atoms with van der Waals surface area (Å²) in [4.78, 5) is 16.1. The monoisotopic (exact) mass is 521 g/mol. The Morgan fingerprint density at radius 3 is 2.05 bits per heavy atom. The van der Waals surface area contributed by atoms with Crippen molar-refractivity contribution in [3.8, 4) is 5.75 Å². The van der Waals surface area contributed by atoms with Crippen LogP contribution in [0.5, 0.6) is 5.75 Å². The van der Waals surface area contributed by atoms with Crippen molar-refractivity contribution in [1.82, 2.24) is 0 Å². The summed E-state index contributed by atoms with van der Waals surface area (Å²) >= 11 is 0. The summed E-state index contributed by atoms with van der Waals surface area (Å²) in [6, 6.07) is 38.2. The van der Waals surface area contributed by atoms with E-state index in [1.807, 2.05) is 91.0 Å². The molecule has 0 saturated carbocycles. The Balaban J connectivity index is 1.48. The lowest BCUT2D eigenvalue weighted by molar-refractivity contribution is -0.911. The van der Waals surface area contributed by atoms with Crippen LogP contribution >= 0.6 is 0 Å². The maximum absolute atomic E-state index is 14.6. The molecule has 0 radical (unpaired) electrons. The van der Waals surface area contributed by atoms with Gasteiger partial charge in [-0.15, -0.1) is 0 Å². The zero-order valence-electron chi connectivity index (χ0n) is 22.5. The second-order valence-corrected chi connectivity index (χ2v) is 10.3. The van der Waals surface area contributed by atoms with Crippen LogP contribution in [0, 0.1) is 5.92 Å². The van der Waals surface area contributed by atoms with E-state index in [4.69, 9.17) is 9.47 Å². The van der Waals surface area contributed by atoms with Gasteiger partial charge < -0.3 is 19.7 Å². The zero-order chi connectivity index (χ0) is 26.9. The van der Waals surface area contributed by atoms with E-state index in [1.54, 1.807) is 0 Å². The van der Waals surface area contributed by atoms with Crippen molar-refractivity contribution < 1.29 is 19.2 Å². The Hall–Kier alpha value is -3.93. The van der Waals surface area contributed by atoms with Gasteiger partial charge in [0.1, 0.15) is 30.9 Å². The van der Waals surface area contributed by atoms with Crippen LogP contribution in [0.3, 0.4) is 0 Å². The molecule has 0 unspecified atom stereocenters. The van der Waals surface area contributed by atoms with Crippen LogP contribution in [0.25, 0.3) is 0 Å². The molecule has 4 aromatic carbocycles. The summed E-state index contributed by atoms with van der Waals surface area (Å²) in [6.07, 6.45) is 0. The molecule has 0 bridgehead atoms. The molecule has 0 aromatic heterocycles. The first kappa shape index (κ1) is 26.7. The molecule has 0 spiro atoms. The van der Waals surface area contributed by atoms with Gasteiger partial charge in [-0.1, -0.05) is 104 Å². The predicted octanol–water partition coefficient (Wildman–Crippen LogP) is 4.74. The van der Waals surface area contributed by atoms with Gasteiger partial charge in [0.05, 0.1) is 19.8 Å². The van der Waals surface area contributed by atoms with E-state index in [2.05, 4.69) is 36.5 Å². The fourth-order valence-electron chi connectivity index (χ4n) is 5.71. The lowest BCUT2D eigenvalue weighted by Crippen LogP contribution is -3.15. The largest absolute Gasteiger partial charge is 0.489 e. The van der Waals surface area contributed by atoms with E-state index in [-0.39, 0.29) is 11.8 Å². The molecule has 1 aliphatic rings. The number of amides is 1. The second-order valence-electron chi connectivity index (χ2n) is 10.3. The highest BCUT2D eigenvalue weighted by molar-refractivity contribution is 6.02. The van der Waals surface area contributed by atoms with Crippen molar-refractivity contribution in [2.75, 3.05) is 38.2 Å². The number of quaternary nitrogens is 1. The lowest BCUT2D eigenvalue weighted by atomic mass is 9.65. The number of nitrogens with one attached hydrogen (secondary N) is 2. The molecule has 5 heteroatoms. The Kier molecular flexibility index (Phi) is 8.71. The van der Waals surface area contributed by atoms with E-state index in [0.717, 1.165) is 49.5 Å². The minimum absolute atomic E-state index is 0.0212. The third kappa shape index (κ3) is 6.22. The molecule has 1 amide bonds. The van der Waals surface area contributed by atoms with Gasteiger partial charge in [0, 0.05) is 17.7 Å². The van der Waals surface area contributed by atoms with Crippen LogP contribution in [0.2, 0.25) is 0 Å². The molecule has 1 saturated heterocycles. The van der Waals surface area contributed by atoms with Crippen molar-refractivity contribution in [2.24, 2.45) is 5.92 Å². The minimum Gasteiger partial charge on any atom is -0.489 e. The van der Waals surface area contributed by atoms with Gasteiger partial charge in [0.2, 0.25) is 5.91 Å². The summed E-state index contributed by atoms with van der Waals surface area (Å²) in [7, 11) is 0. The Morgan fingerprint density at radius 2 is 1.44 bits per heavy atom. The maximum atomic E-state index is 14.6. The third-order valence-corrected chi connectivity index (χ3v) is 7.69. The van der Waals surface area contributed by atoms with E-state index < -0.39 is 5.41 Å². The number of carbonyl (C=O) groups is 1. The fourth-order valence-corrected chi connectivity index (χ4v) is 5.71. The van der Waals surface area contributed by atoms with Crippen LogP contribution in [0.4, 0.5) is 5.69 Å². The molecule has 5 nitrogen and oxygen atoms in total. The van der Waals surface area contributed by atoms with Gasteiger partial charge in [-0.3, -0.25) is 4.79 Å². The van der Waals surface area contributed by atoms with Gasteiger partial charge in [0.25, 0.3) is 0 Å². The van der Waals surface area contributed by atoms with E-state index >= 15 is 0 Å². The van der Waals surface area contributed by atoms with E-state index in [9.17, 15) is 4.79 Å². The van der Waals surface area contributed by atoms with Gasteiger partial charge in [-0.2, -0.15) is 0 Å². The molecule has 200 valence electrons. The summed E-state index contributed by atoms with van der Waals surface area (Å²) in [5, 5.41) is 3.28. The number of morpholine rings is 1. The molecule has 1 fully saturated rings. The predicted molar refractivity (Wildman–Crippen MR) is 155 cm³/mol. The van der Waals surface area contributed by atoms with Crippen molar-refractivity contribution in [2.45, 2.75) is 18.9 Å². The van der Waals surface area contributed by atoms with Crippen molar-refractivity contribution >= 4 is 11.6 Å². The highest BCUT2D eigenvalue weighted by atomic mass is 16.5. The molecule has 2 N–H and O–H groups in total. The Morgan fingerprint density at radius 1 is 0.846 bits per heavy atom. The van der Waals surface area contributed by atoms with Crippen molar-refractivity contribution in [3.63, 3.8) is 0 Å². The highest BCUT2D eigenvalue weighted by Gasteiger charge is 2.48. The topological polar surface area (TPSA) is 52.0 Å². The fraction of sp³-hybridized carbons (Fsp3) is 0.265. The van der Waals surface area contributed by atoms with Gasteiger partial charge in [0.15, 0.2) is 0 Å². The van der Waals surface area contributed by atoms with Crippen molar-refractivity contribution in [1.29, 1.82) is 0 Å². The second kappa shape index (κ2) is 12.7. The lowest BCUT2D eigenvalue weighted by Gasteiger charge is -2.40. The standard InChI is InChI=1S/C34H36N2O3/c1-27(25-36-20-22-38-23-21-36)34(29-14-7-3-8-15-29,30-16-9-4-10-17-30)33(37)35-31-18-11-19-32(24-31)39-26-28-12-5-2-6-13-28/h2-19,24,27H,20-23,25-26H2,1H3,(H,35,37)/p+1/t27-/m0/s1. The SMILES string of the molecule is C[C@@H](C[NH+]1CCOCC1)C(C(=O)Nc1cccc(OCc2ccccc2)c1)(c1ccccc1)c1ccccc1. The number of benzene rings is 4. The first-order valence-electron chi connectivity index (χ1n) is 13.8. The number of hydrogen-bond acceptors (Lipinski definition) is 3. The summed E-state index contributed by atoms with van der Waals surface area (Å²) in [5.41, 5.74) is 2.91. The molecule has 1 atom stereocenters. The third-order valence-electron chi connectivity index (χ3n) is 7.69. The van der Waals surface area contributed by atoms with Crippen LogP contribution < -0.4 is 15.0 Å². The highest BCUT2D eigenvalue weighted by Crippen LogP contribution is 2.40. The molecule has 5 rings (SSSR count). The molecule has 0 aliphatic carbocycles. The number of ether oxygens (including phenoxy) is 2. The first-order chi connectivity index (χ1) is 19.2. The van der Waals surface area contributed by atoms with Gasteiger partial charge in [-0.25, -0.2) is 0 Å². The van der Waals surface area contributed by atoms with Crippen molar-refractivity contribution in [3.05, 3.63) is 132 Å². The first-order valence-corrected chi connectivity index (χ1v) is 13.8. The molecule has 1 aliphatic heterocycles. The molecule has 1 heterocycles. The smallest absolute Gasteiger partial charge is 0.240 e. The van der Waals surface area contributed by atoms with E-state index in [1.165, 1.54) is 4.90 Å². The molecular formula is C34H37N2O3+. The van der Waals surface area contributed by atoms with E-state index in [0.29, 0.717) is 18.0 Å².